The average molecular weight is 241 g/mol. The minimum absolute atomic E-state index is 0.362. The molecule has 2 aromatic heterocycles. The zero-order valence-corrected chi connectivity index (χ0v) is 9.83. The van der Waals surface area contributed by atoms with Crippen molar-refractivity contribution < 1.29 is 9.53 Å². The van der Waals surface area contributed by atoms with Crippen LogP contribution in [0.1, 0.15) is 21.7 Å². The van der Waals surface area contributed by atoms with E-state index in [4.69, 9.17) is 10.00 Å². The number of carbonyl (C=O) groups is 1. The highest BCUT2D eigenvalue weighted by Gasteiger charge is 2.13. The second kappa shape index (κ2) is 5.15. The van der Waals surface area contributed by atoms with Crippen LogP contribution in [0.25, 0.3) is 0 Å². The van der Waals surface area contributed by atoms with Crippen molar-refractivity contribution in [1.82, 2.24) is 9.55 Å². The summed E-state index contributed by atoms with van der Waals surface area (Å²) in [6.45, 7) is 0.362. The van der Waals surface area contributed by atoms with Crippen molar-refractivity contribution in [2.75, 3.05) is 7.11 Å². The Kier molecular flexibility index (Phi) is 3.39. The van der Waals surface area contributed by atoms with Crippen LogP contribution < -0.4 is 0 Å². The number of esters is 1. The van der Waals surface area contributed by atoms with Gasteiger partial charge in [-0.1, -0.05) is 0 Å². The number of hydrogen-bond acceptors (Lipinski definition) is 4. The summed E-state index contributed by atoms with van der Waals surface area (Å²) in [5.74, 6) is -0.427. The molecule has 5 heteroatoms. The van der Waals surface area contributed by atoms with Crippen LogP contribution >= 0.6 is 0 Å². The largest absolute Gasteiger partial charge is 0.465 e. The van der Waals surface area contributed by atoms with Gasteiger partial charge in [0.05, 0.1) is 24.9 Å². The third-order valence-corrected chi connectivity index (χ3v) is 2.56. The van der Waals surface area contributed by atoms with Crippen molar-refractivity contribution in [2.45, 2.75) is 6.54 Å². The molecule has 18 heavy (non-hydrogen) atoms. The summed E-state index contributed by atoms with van der Waals surface area (Å²) < 4.78 is 6.43. The van der Waals surface area contributed by atoms with E-state index in [1.807, 2.05) is 0 Å². The molecule has 2 heterocycles. The highest BCUT2D eigenvalue weighted by atomic mass is 16.5. The lowest BCUT2D eigenvalue weighted by atomic mass is 10.2. The van der Waals surface area contributed by atoms with Gasteiger partial charge in [0.15, 0.2) is 0 Å². The Morgan fingerprint density at radius 3 is 3.06 bits per heavy atom. The molecule has 5 nitrogen and oxygen atoms in total. The maximum absolute atomic E-state index is 11.6. The maximum atomic E-state index is 11.6. The Morgan fingerprint density at radius 2 is 2.33 bits per heavy atom. The second-order valence-electron chi connectivity index (χ2n) is 3.62. The van der Waals surface area contributed by atoms with Crippen LogP contribution in [0.5, 0.6) is 0 Å². The van der Waals surface area contributed by atoms with Gasteiger partial charge in [0.25, 0.3) is 0 Å². The minimum atomic E-state index is -0.427. The molecule has 2 aromatic rings. The molecule has 0 radical (unpaired) electrons. The number of carbonyl (C=O) groups excluding carboxylic acids is 1. The lowest BCUT2D eigenvalue weighted by Gasteiger charge is -2.08. The molecule has 2 rings (SSSR count). The highest BCUT2D eigenvalue weighted by molar-refractivity contribution is 5.90. The molecule has 0 amide bonds. The van der Waals surface area contributed by atoms with Crippen molar-refractivity contribution in [2.24, 2.45) is 0 Å². The number of hydrogen-bond donors (Lipinski definition) is 0. The molecular weight excluding hydrogens is 230 g/mol. The SMILES string of the molecule is COC(=O)c1cccnc1Cn1cccc1C#N. The van der Waals surface area contributed by atoms with Crippen LogP contribution in [0.15, 0.2) is 36.7 Å². The number of nitrogens with zero attached hydrogens (tertiary/aromatic N) is 3. The highest BCUT2D eigenvalue weighted by Crippen LogP contribution is 2.11. The number of nitriles is 1. The van der Waals surface area contributed by atoms with Gasteiger partial charge in [-0.05, 0) is 24.3 Å². The van der Waals surface area contributed by atoms with Gasteiger partial charge >= 0.3 is 5.97 Å². The minimum Gasteiger partial charge on any atom is -0.465 e. The Bertz CT molecular complexity index is 611. The molecule has 0 atom stereocenters. The van der Waals surface area contributed by atoms with Gasteiger partial charge in [-0.2, -0.15) is 5.26 Å². The predicted octanol–water partition coefficient (Wildman–Crippen LogP) is 1.59. The van der Waals surface area contributed by atoms with Gasteiger partial charge in [0, 0.05) is 12.4 Å². The molecule has 0 fully saturated rings. The first-order valence-corrected chi connectivity index (χ1v) is 5.33. The summed E-state index contributed by atoms with van der Waals surface area (Å²) in [5, 5.41) is 8.93. The zero-order valence-electron chi connectivity index (χ0n) is 9.83. The van der Waals surface area contributed by atoms with Gasteiger partial charge in [0.2, 0.25) is 0 Å². The van der Waals surface area contributed by atoms with E-state index in [1.165, 1.54) is 7.11 Å². The Labute approximate surface area is 104 Å². The second-order valence-corrected chi connectivity index (χ2v) is 3.62. The molecule has 0 aromatic carbocycles. The number of methoxy groups -OCH3 is 1. The molecule has 0 spiro atoms. The van der Waals surface area contributed by atoms with Crippen molar-refractivity contribution in [3.05, 3.63) is 53.6 Å². The van der Waals surface area contributed by atoms with E-state index >= 15 is 0 Å². The molecule has 0 saturated heterocycles. The van der Waals surface area contributed by atoms with E-state index in [9.17, 15) is 4.79 Å². The van der Waals surface area contributed by atoms with Crippen LogP contribution in [-0.4, -0.2) is 22.6 Å². The van der Waals surface area contributed by atoms with Crippen LogP contribution in [0.2, 0.25) is 0 Å². The molecule has 0 unspecified atom stereocenters. The maximum Gasteiger partial charge on any atom is 0.339 e. The van der Waals surface area contributed by atoms with Gasteiger partial charge in [-0.3, -0.25) is 4.98 Å². The topological polar surface area (TPSA) is 67.9 Å². The standard InChI is InChI=1S/C13H11N3O2/c1-18-13(17)11-5-2-6-15-12(11)9-16-7-3-4-10(16)8-14/h2-7H,9H2,1H3. The van der Waals surface area contributed by atoms with E-state index in [-0.39, 0.29) is 0 Å². The number of ether oxygens (including phenoxy) is 1. The number of aromatic nitrogens is 2. The van der Waals surface area contributed by atoms with E-state index < -0.39 is 5.97 Å². The van der Waals surface area contributed by atoms with E-state index in [0.29, 0.717) is 23.5 Å². The first kappa shape index (κ1) is 11.9. The van der Waals surface area contributed by atoms with Crippen molar-refractivity contribution in [1.29, 1.82) is 5.26 Å². The summed E-state index contributed by atoms with van der Waals surface area (Å²) in [7, 11) is 1.33. The van der Waals surface area contributed by atoms with Crippen LogP contribution in [0.4, 0.5) is 0 Å². The fourth-order valence-corrected chi connectivity index (χ4v) is 1.67. The third-order valence-electron chi connectivity index (χ3n) is 2.56. The Hall–Kier alpha value is -2.61. The number of rotatable bonds is 3. The van der Waals surface area contributed by atoms with E-state index in [1.54, 1.807) is 41.2 Å². The van der Waals surface area contributed by atoms with Gasteiger partial charge in [-0.15, -0.1) is 0 Å². The first-order chi connectivity index (χ1) is 8.76. The fraction of sp³-hybridized carbons (Fsp3) is 0.154. The van der Waals surface area contributed by atoms with Crippen LogP contribution in [-0.2, 0) is 11.3 Å². The molecule has 0 aliphatic rings. The Balaban J connectivity index is 2.35. The quantitative estimate of drug-likeness (QED) is 0.765. The molecule has 90 valence electrons. The summed E-state index contributed by atoms with van der Waals surface area (Å²) >= 11 is 0. The Morgan fingerprint density at radius 1 is 1.50 bits per heavy atom. The lowest BCUT2D eigenvalue weighted by Crippen LogP contribution is -2.11. The summed E-state index contributed by atoms with van der Waals surface area (Å²) in [6, 6.07) is 8.90. The van der Waals surface area contributed by atoms with Gasteiger partial charge in [0.1, 0.15) is 11.8 Å². The fourth-order valence-electron chi connectivity index (χ4n) is 1.67. The average Bonchev–Trinajstić information content (AvgIpc) is 2.86. The van der Waals surface area contributed by atoms with Crippen molar-refractivity contribution in [3.63, 3.8) is 0 Å². The molecule has 0 saturated carbocycles. The van der Waals surface area contributed by atoms with Crippen molar-refractivity contribution in [3.8, 4) is 6.07 Å². The number of pyridine rings is 1. The van der Waals surface area contributed by atoms with Gasteiger partial charge in [-0.25, -0.2) is 4.79 Å². The lowest BCUT2D eigenvalue weighted by molar-refractivity contribution is 0.0598. The van der Waals surface area contributed by atoms with Crippen LogP contribution in [0, 0.1) is 11.3 Å². The zero-order chi connectivity index (χ0) is 13.0. The molecule has 0 bridgehead atoms. The predicted molar refractivity (Wildman–Crippen MR) is 63.8 cm³/mol. The summed E-state index contributed by atoms with van der Waals surface area (Å²) in [4.78, 5) is 15.7. The molecule has 0 N–H and O–H groups in total. The van der Waals surface area contributed by atoms with Gasteiger partial charge < -0.3 is 9.30 Å². The monoisotopic (exact) mass is 241 g/mol. The molecule has 0 aliphatic heterocycles. The molecule has 0 aliphatic carbocycles. The van der Waals surface area contributed by atoms with E-state index in [2.05, 4.69) is 11.1 Å². The summed E-state index contributed by atoms with van der Waals surface area (Å²) in [6.07, 6.45) is 3.38. The first-order valence-electron chi connectivity index (χ1n) is 5.33. The van der Waals surface area contributed by atoms with E-state index in [0.717, 1.165) is 0 Å². The smallest absolute Gasteiger partial charge is 0.339 e. The van der Waals surface area contributed by atoms with Crippen molar-refractivity contribution >= 4 is 5.97 Å². The normalized spacial score (nSPS) is 9.78. The molecular formula is C13H11N3O2. The van der Waals surface area contributed by atoms with Crippen LogP contribution in [0.3, 0.4) is 0 Å². The summed E-state index contributed by atoms with van der Waals surface area (Å²) in [5.41, 5.74) is 1.52. The third kappa shape index (κ3) is 2.23.